The molecule has 1 aromatic heterocycles. The first kappa shape index (κ1) is 14.8. The van der Waals surface area contributed by atoms with E-state index >= 15 is 0 Å². The van der Waals surface area contributed by atoms with Gasteiger partial charge >= 0.3 is 0 Å². The number of nitrogens with two attached hydrogens (primary N) is 1. The van der Waals surface area contributed by atoms with Crippen molar-refractivity contribution in [1.82, 2.24) is 9.88 Å². The number of hydrogen-bond donors (Lipinski definition) is 1. The largest absolute Gasteiger partial charge is 0.454 e. The minimum Gasteiger partial charge on any atom is -0.454 e. The first-order valence-corrected chi connectivity index (χ1v) is 7.91. The Kier molecular flexibility index (Phi) is 4.26. The third kappa shape index (κ3) is 2.90. The number of carbonyl (C=O) groups is 1. The van der Waals surface area contributed by atoms with Gasteiger partial charge in [-0.1, -0.05) is 6.07 Å². The first-order valence-electron chi connectivity index (χ1n) is 7.03. The van der Waals surface area contributed by atoms with Crippen molar-refractivity contribution in [1.29, 1.82) is 0 Å². The minimum absolute atomic E-state index is 0.0869. The van der Waals surface area contributed by atoms with Crippen LogP contribution in [0.15, 0.2) is 23.6 Å². The van der Waals surface area contributed by atoms with Crippen LogP contribution >= 0.6 is 11.3 Å². The van der Waals surface area contributed by atoms with Crippen molar-refractivity contribution >= 4 is 17.2 Å². The average molecular weight is 319 g/mol. The van der Waals surface area contributed by atoms with Gasteiger partial charge in [0.1, 0.15) is 10.7 Å². The highest BCUT2D eigenvalue weighted by Crippen LogP contribution is 2.32. The maximum atomic E-state index is 12.5. The van der Waals surface area contributed by atoms with Crippen molar-refractivity contribution in [3.8, 4) is 11.5 Å². The highest BCUT2D eigenvalue weighted by molar-refractivity contribution is 7.09. The number of amides is 1. The molecule has 7 heteroatoms. The van der Waals surface area contributed by atoms with Crippen LogP contribution in [0.25, 0.3) is 0 Å². The Hall–Kier alpha value is -2.12. The van der Waals surface area contributed by atoms with E-state index in [1.807, 2.05) is 25.1 Å². The van der Waals surface area contributed by atoms with Crippen LogP contribution in [0.2, 0.25) is 0 Å². The predicted molar refractivity (Wildman–Crippen MR) is 83.0 cm³/mol. The Bertz CT molecular complexity index is 686. The third-order valence-electron chi connectivity index (χ3n) is 3.42. The molecule has 2 aromatic rings. The molecule has 0 fully saturated rings. The van der Waals surface area contributed by atoms with Crippen LogP contribution in [0, 0.1) is 0 Å². The maximum absolute atomic E-state index is 12.5. The van der Waals surface area contributed by atoms with Gasteiger partial charge in [-0.25, -0.2) is 4.98 Å². The number of nitrogens with zero attached hydrogens (tertiary/aromatic N) is 2. The zero-order valence-corrected chi connectivity index (χ0v) is 13.1. The number of fused-ring (bicyclic) bond motifs is 1. The van der Waals surface area contributed by atoms with E-state index < -0.39 is 0 Å². The molecule has 0 atom stereocenters. The third-order valence-corrected chi connectivity index (χ3v) is 4.30. The lowest BCUT2D eigenvalue weighted by molar-refractivity contribution is 0.0747. The molecule has 1 aromatic carbocycles. The number of rotatable bonds is 5. The van der Waals surface area contributed by atoms with Crippen molar-refractivity contribution in [2.45, 2.75) is 20.0 Å². The molecule has 0 unspecified atom stereocenters. The molecule has 116 valence electrons. The summed E-state index contributed by atoms with van der Waals surface area (Å²) in [5.74, 6) is 1.38. The van der Waals surface area contributed by atoms with E-state index in [2.05, 4.69) is 4.98 Å². The fourth-order valence-corrected chi connectivity index (χ4v) is 2.90. The number of aromatic nitrogens is 1. The van der Waals surface area contributed by atoms with E-state index in [0.29, 0.717) is 25.3 Å². The summed E-state index contributed by atoms with van der Waals surface area (Å²) in [6.07, 6.45) is 0. The second-order valence-corrected chi connectivity index (χ2v) is 5.78. The molecule has 0 radical (unpaired) electrons. The number of ether oxygens (including phenoxy) is 2. The predicted octanol–water partition coefficient (Wildman–Crippen LogP) is 1.99. The van der Waals surface area contributed by atoms with E-state index in [4.69, 9.17) is 15.2 Å². The second kappa shape index (κ2) is 6.33. The van der Waals surface area contributed by atoms with Gasteiger partial charge in [0.15, 0.2) is 11.5 Å². The number of thiazole rings is 1. The van der Waals surface area contributed by atoms with E-state index in [1.165, 1.54) is 11.3 Å². The molecule has 0 saturated carbocycles. The van der Waals surface area contributed by atoms with Gasteiger partial charge in [0.2, 0.25) is 6.79 Å². The molecule has 2 N–H and O–H groups in total. The molecular formula is C15H17N3O3S. The topological polar surface area (TPSA) is 77.7 Å². The first-order chi connectivity index (χ1) is 10.7. The smallest absolute Gasteiger partial charge is 0.273 e. The molecule has 1 aliphatic rings. The van der Waals surface area contributed by atoms with E-state index in [9.17, 15) is 4.79 Å². The van der Waals surface area contributed by atoms with Crippen LogP contribution in [0.1, 0.15) is 28.0 Å². The second-order valence-electron chi connectivity index (χ2n) is 4.84. The SMILES string of the molecule is CCN(Cc1ccc2c(c1)OCO2)C(=O)c1csc(CN)n1. The van der Waals surface area contributed by atoms with Crippen molar-refractivity contribution < 1.29 is 14.3 Å². The van der Waals surface area contributed by atoms with E-state index in [-0.39, 0.29) is 12.7 Å². The van der Waals surface area contributed by atoms with Gasteiger partial charge in [0.05, 0.1) is 0 Å². The zero-order valence-electron chi connectivity index (χ0n) is 12.2. The van der Waals surface area contributed by atoms with Gasteiger partial charge in [-0.15, -0.1) is 11.3 Å². The molecule has 6 nitrogen and oxygen atoms in total. The summed E-state index contributed by atoms with van der Waals surface area (Å²) in [6, 6.07) is 5.71. The molecule has 1 amide bonds. The van der Waals surface area contributed by atoms with Crippen LogP contribution in [-0.2, 0) is 13.1 Å². The number of carbonyl (C=O) groups excluding carboxylic acids is 1. The molecule has 0 spiro atoms. The average Bonchev–Trinajstić information content (AvgIpc) is 3.20. The summed E-state index contributed by atoms with van der Waals surface area (Å²) in [5.41, 5.74) is 6.99. The summed E-state index contributed by atoms with van der Waals surface area (Å²) in [5, 5.41) is 2.52. The normalized spacial score (nSPS) is 12.5. The fourth-order valence-electron chi connectivity index (χ4n) is 2.25. The number of benzene rings is 1. The Labute approximate surface area is 132 Å². The van der Waals surface area contributed by atoms with Gasteiger partial charge in [0.25, 0.3) is 5.91 Å². The minimum atomic E-state index is -0.0869. The molecule has 0 aliphatic carbocycles. The molecule has 0 bridgehead atoms. The van der Waals surface area contributed by atoms with Crippen molar-refractivity contribution in [3.05, 3.63) is 39.8 Å². The maximum Gasteiger partial charge on any atom is 0.273 e. The van der Waals surface area contributed by atoms with Crippen LogP contribution in [0.5, 0.6) is 11.5 Å². The van der Waals surface area contributed by atoms with Gasteiger partial charge in [0, 0.05) is 25.0 Å². The molecular weight excluding hydrogens is 302 g/mol. The van der Waals surface area contributed by atoms with Crippen molar-refractivity contribution in [2.24, 2.45) is 5.73 Å². The molecule has 3 rings (SSSR count). The highest BCUT2D eigenvalue weighted by atomic mass is 32.1. The van der Waals surface area contributed by atoms with Gasteiger partial charge < -0.3 is 20.1 Å². The Morgan fingerprint density at radius 3 is 2.95 bits per heavy atom. The monoisotopic (exact) mass is 319 g/mol. The zero-order chi connectivity index (χ0) is 15.5. The standard InChI is InChI=1S/C15H17N3O3S/c1-2-18(15(19)11-8-22-14(6-16)17-11)7-10-3-4-12-13(5-10)21-9-20-12/h3-5,8H,2,6-7,9,16H2,1H3. The summed E-state index contributed by atoms with van der Waals surface area (Å²) >= 11 is 1.41. The Morgan fingerprint density at radius 2 is 2.23 bits per heavy atom. The fraction of sp³-hybridized carbons (Fsp3) is 0.333. The van der Waals surface area contributed by atoms with Crippen molar-refractivity contribution in [2.75, 3.05) is 13.3 Å². The lowest BCUT2D eigenvalue weighted by atomic mass is 10.2. The molecule has 22 heavy (non-hydrogen) atoms. The van der Waals surface area contributed by atoms with E-state index in [0.717, 1.165) is 22.1 Å². The molecule has 2 heterocycles. The Morgan fingerprint density at radius 1 is 1.41 bits per heavy atom. The quantitative estimate of drug-likeness (QED) is 0.912. The molecule has 0 saturated heterocycles. The Balaban J connectivity index is 1.75. The summed E-state index contributed by atoms with van der Waals surface area (Å²) in [6.45, 7) is 3.65. The van der Waals surface area contributed by atoms with Crippen LogP contribution in [0.4, 0.5) is 0 Å². The summed E-state index contributed by atoms with van der Waals surface area (Å²) in [7, 11) is 0. The van der Waals surface area contributed by atoms with Gasteiger partial charge in [-0.2, -0.15) is 0 Å². The highest BCUT2D eigenvalue weighted by Gasteiger charge is 2.19. The van der Waals surface area contributed by atoms with Gasteiger partial charge in [-0.3, -0.25) is 4.79 Å². The van der Waals surface area contributed by atoms with Crippen LogP contribution in [-0.4, -0.2) is 29.1 Å². The van der Waals surface area contributed by atoms with Crippen LogP contribution in [0.3, 0.4) is 0 Å². The summed E-state index contributed by atoms with van der Waals surface area (Å²) < 4.78 is 10.7. The van der Waals surface area contributed by atoms with Crippen molar-refractivity contribution in [3.63, 3.8) is 0 Å². The molecule has 1 aliphatic heterocycles. The lowest BCUT2D eigenvalue weighted by Crippen LogP contribution is -2.30. The van der Waals surface area contributed by atoms with Crippen LogP contribution < -0.4 is 15.2 Å². The summed E-state index contributed by atoms with van der Waals surface area (Å²) in [4.78, 5) is 18.5. The van der Waals surface area contributed by atoms with E-state index in [1.54, 1.807) is 10.3 Å². The van der Waals surface area contributed by atoms with Gasteiger partial charge in [-0.05, 0) is 24.6 Å². The lowest BCUT2D eigenvalue weighted by Gasteiger charge is -2.20. The number of hydrogen-bond acceptors (Lipinski definition) is 6.